The second-order valence-electron chi connectivity index (χ2n) is 6.69. The predicted molar refractivity (Wildman–Crippen MR) is 100 cm³/mol. The number of anilines is 1. The van der Waals surface area contributed by atoms with Crippen LogP contribution in [0.25, 0.3) is 0 Å². The van der Waals surface area contributed by atoms with Crippen molar-refractivity contribution in [2.75, 3.05) is 24.5 Å². The van der Waals surface area contributed by atoms with Gasteiger partial charge in [-0.05, 0) is 48.2 Å². The van der Waals surface area contributed by atoms with Gasteiger partial charge in [-0.15, -0.1) is 0 Å². The van der Waals surface area contributed by atoms with Crippen LogP contribution in [0.15, 0.2) is 66.2 Å². The molecule has 0 aliphatic carbocycles. The number of nitrogens with one attached hydrogen (secondary N) is 1. The Bertz CT molecular complexity index is 804. The van der Waals surface area contributed by atoms with Gasteiger partial charge < -0.3 is 4.90 Å². The molecule has 2 aliphatic heterocycles. The third kappa shape index (κ3) is 3.35. The van der Waals surface area contributed by atoms with Crippen LogP contribution in [-0.2, 0) is 6.42 Å². The topological polar surface area (TPSA) is 35.6 Å². The van der Waals surface area contributed by atoms with Gasteiger partial charge in [0.15, 0.2) is 0 Å². The Balaban J connectivity index is 1.52. The molecule has 0 radical (unpaired) electrons. The number of rotatable bonds is 4. The van der Waals surface area contributed by atoms with Gasteiger partial charge in [0.1, 0.15) is 12.0 Å². The van der Waals surface area contributed by atoms with Crippen molar-refractivity contribution in [1.82, 2.24) is 10.2 Å². The quantitative estimate of drug-likeness (QED) is 0.855. The van der Waals surface area contributed by atoms with Crippen LogP contribution in [0.3, 0.4) is 0 Å². The van der Waals surface area contributed by atoms with E-state index in [2.05, 4.69) is 23.5 Å². The number of benzene rings is 2. The second kappa shape index (κ2) is 7.30. The van der Waals surface area contributed by atoms with E-state index in [4.69, 9.17) is 0 Å². The van der Waals surface area contributed by atoms with Gasteiger partial charge in [-0.25, -0.2) is 9.18 Å². The van der Waals surface area contributed by atoms with Gasteiger partial charge in [0.25, 0.3) is 0 Å². The lowest BCUT2D eigenvalue weighted by molar-refractivity contribution is 0.196. The number of amides is 2. The fourth-order valence-electron chi connectivity index (χ4n) is 3.69. The van der Waals surface area contributed by atoms with E-state index < -0.39 is 0 Å². The summed E-state index contributed by atoms with van der Waals surface area (Å²) >= 11 is 0. The van der Waals surface area contributed by atoms with Crippen molar-refractivity contribution in [3.05, 3.63) is 77.6 Å². The molecule has 2 aromatic rings. The molecule has 4 nitrogen and oxygen atoms in total. The van der Waals surface area contributed by atoms with E-state index in [9.17, 15) is 9.18 Å². The van der Waals surface area contributed by atoms with Crippen LogP contribution in [-0.4, -0.2) is 36.7 Å². The van der Waals surface area contributed by atoms with Gasteiger partial charge in [0.05, 0.1) is 0 Å². The highest BCUT2D eigenvalue weighted by Crippen LogP contribution is 2.26. The number of hydrogen-bond acceptors (Lipinski definition) is 2. The van der Waals surface area contributed by atoms with Crippen molar-refractivity contribution >= 4 is 11.7 Å². The first-order chi connectivity index (χ1) is 12.7. The highest BCUT2D eigenvalue weighted by molar-refractivity contribution is 5.94. The van der Waals surface area contributed by atoms with Crippen molar-refractivity contribution in [2.24, 2.45) is 0 Å². The van der Waals surface area contributed by atoms with Crippen molar-refractivity contribution in [3.63, 3.8) is 0 Å². The number of hydrogen-bond donors (Lipinski definition) is 1. The summed E-state index contributed by atoms with van der Waals surface area (Å²) in [5.41, 5.74) is 3.22. The van der Waals surface area contributed by atoms with Crippen LogP contribution >= 0.6 is 0 Å². The smallest absolute Gasteiger partial charge is 0.303 e. The molecule has 5 heteroatoms. The fraction of sp³-hybridized carbons (Fsp3) is 0.286. The summed E-state index contributed by atoms with van der Waals surface area (Å²) in [5, 5.41) is 3.49. The predicted octanol–water partition coefficient (Wildman–Crippen LogP) is 3.56. The van der Waals surface area contributed by atoms with Crippen LogP contribution in [0.5, 0.6) is 0 Å². The summed E-state index contributed by atoms with van der Waals surface area (Å²) in [7, 11) is 0. The maximum atomic E-state index is 13.2. The molecule has 0 aromatic heterocycles. The molecule has 0 bridgehead atoms. The highest BCUT2D eigenvalue weighted by Gasteiger charge is 2.36. The molecule has 2 amide bonds. The van der Waals surface area contributed by atoms with E-state index in [1.165, 1.54) is 23.3 Å². The average Bonchev–Trinajstić information content (AvgIpc) is 3.05. The maximum absolute atomic E-state index is 13.2. The fourth-order valence-corrected chi connectivity index (χ4v) is 3.69. The number of halogens is 1. The van der Waals surface area contributed by atoms with Crippen molar-refractivity contribution < 1.29 is 9.18 Å². The SMILES string of the molecule is O=C1N(c2ccc(F)cc2)CCN1C1NCCC=C1Cc1ccccc1. The lowest BCUT2D eigenvalue weighted by Gasteiger charge is -2.33. The van der Waals surface area contributed by atoms with Gasteiger partial charge in [0.2, 0.25) is 0 Å². The Morgan fingerprint density at radius 2 is 1.81 bits per heavy atom. The zero-order valence-corrected chi connectivity index (χ0v) is 14.6. The zero-order valence-electron chi connectivity index (χ0n) is 14.6. The van der Waals surface area contributed by atoms with Crippen LogP contribution in [0.1, 0.15) is 12.0 Å². The normalized spacial score (nSPS) is 20.4. The Morgan fingerprint density at radius 1 is 1.04 bits per heavy atom. The van der Waals surface area contributed by atoms with Crippen molar-refractivity contribution in [1.29, 1.82) is 0 Å². The summed E-state index contributed by atoms with van der Waals surface area (Å²) in [4.78, 5) is 16.6. The second-order valence-corrected chi connectivity index (χ2v) is 6.69. The van der Waals surface area contributed by atoms with Crippen LogP contribution < -0.4 is 10.2 Å². The van der Waals surface area contributed by atoms with Gasteiger partial charge >= 0.3 is 6.03 Å². The summed E-state index contributed by atoms with van der Waals surface area (Å²) < 4.78 is 13.2. The monoisotopic (exact) mass is 351 g/mol. The Labute approximate surface area is 152 Å². The molecule has 2 heterocycles. The van der Waals surface area contributed by atoms with Gasteiger partial charge in [-0.3, -0.25) is 10.2 Å². The van der Waals surface area contributed by atoms with Crippen molar-refractivity contribution in [3.8, 4) is 0 Å². The van der Waals surface area contributed by atoms with Crippen LogP contribution in [0.2, 0.25) is 0 Å². The Morgan fingerprint density at radius 3 is 2.58 bits per heavy atom. The van der Waals surface area contributed by atoms with E-state index in [0.29, 0.717) is 13.1 Å². The van der Waals surface area contributed by atoms with E-state index in [1.54, 1.807) is 17.0 Å². The Hall–Kier alpha value is -2.66. The average molecular weight is 351 g/mol. The molecule has 0 spiro atoms. The molecule has 1 saturated heterocycles. The van der Waals surface area contributed by atoms with Gasteiger partial charge in [-0.1, -0.05) is 36.4 Å². The van der Waals surface area contributed by atoms with E-state index in [0.717, 1.165) is 25.1 Å². The molecular weight excluding hydrogens is 329 g/mol. The zero-order chi connectivity index (χ0) is 17.9. The number of carbonyl (C=O) groups excluding carboxylic acids is 1. The molecule has 1 fully saturated rings. The molecule has 1 atom stereocenters. The first-order valence-corrected chi connectivity index (χ1v) is 9.02. The van der Waals surface area contributed by atoms with Crippen molar-refractivity contribution in [2.45, 2.75) is 19.0 Å². The first kappa shape index (κ1) is 16.8. The summed E-state index contributed by atoms with van der Waals surface area (Å²) in [6.45, 7) is 2.13. The lowest BCUT2D eigenvalue weighted by atomic mass is 9.98. The number of urea groups is 1. The minimum Gasteiger partial charge on any atom is -0.303 e. The Kier molecular flexibility index (Phi) is 4.71. The lowest BCUT2D eigenvalue weighted by Crippen LogP contribution is -2.51. The number of nitrogens with zero attached hydrogens (tertiary/aromatic N) is 2. The van der Waals surface area contributed by atoms with Gasteiger partial charge in [-0.2, -0.15) is 0 Å². The van der Waals surface area contributed by atoms with E-state index in [-0.39, 0.29) is 18.0 Å². The molecule has 134 valence electrons. The standard InChI is InChI=1S/C21H22FN3O/c22-18-8-10-19(11-9-18)24-13-14-25(21(24)26)20-17(7-4-12-23-20)15-16-5-2-1-3-6-16/h1-3,5-11,20,23H,4,12-15H2. The first-order valence-electron chi connectivity index (χ1n) is 9.02. The maximum Gasteiger partial charge on any atom is 0.326 e. The molecule has 4 rings (SSSR count). The molecule has 1 unspecified atom stereocenters. The third-order valence-electron chi connectivity index (χ3n) is 4.98. The molecular formula is C21H22FN3O. The minimum absolute atomic E-state index is 0.0324. The minimum atomic E-state index is -0.292. The van der Waals surface area contributed by atoms with Gasteiger partial charge in [0, 0.05) is 25.3 Å². The summed E-state index contributed by atoms with van der Waals surface area (Å²) in [6, 6.07) is 16.4. The molecule has 1 N–H and O–H groups in total. The molecule has 2 aromatic carbocycles. The largest absolute Gasteiger partial charge is 0.326 e. The highest BCUT2D eigenvalue weighted by atomic mass is 19.1. The summed E-state index contributed by atoms with van der Waals surface area (Å²) in [5.74, 6) is -0.292. The third-order valence-corrected chi connectivity index (χ3v) is 4.98. The molecule has 26 heavy (non-hydrogen) atoms. The van der Waals surface area contributed by atoms with E-state index in [1.807, 2.05) is 23.1 Å². The molecule has 2 aliphatic rings. The molecule has 0 saturated carbocycles. The van der Waals surface area contributed by atoms with Crippen LogP contribution in [0.4, 0.5) is 14.9 Å². The summed E-state index contributed by atoms with van der Waals surface area (Å²) in [6.07, 6.45) is 3.98. The number of carbonyl (C=O) groups is 1. The van der Waals surface area contributed by atoms with Crippen LogP contribution in [0, 0.1) is 5.82 Å². The van der Waals surface area contributed by atoms with E-state index >= 15 is 0 Å².